The molecule has 0 aliphatic rings. The van der Waals surface area contributed by atoms with Crippen LogP contribution in [0, 0.1) is 6.92 Å². The predicted molar refractivity (Wildman–Crippen MR) is 172 cm³/mol. The Bertz CT molecular complexity index is 1920. The molecule has 42 heavy (non-hydrogen) atoms. The first kappa shape index (κ1) is 29.3. The minimum Gasteiger partial charge on any atom is -0.296 e. The van der Waals surface area contributed by atoms with Gasteiger partial charge in [-0.2, -0.15) is 0 Å². The SMILES string of the molecule is Br.CCCCc1nc(C)n(Cc2nc3ccccc3s2)c(=O)c1Cc1ccc(-c2ccccc2-c2noc(=O)[nH]2)cc1. The molecule has 0 amide bonds. The van der Waals surface area contributed by atoms with E-state index in [-0.39, 0.29) is 22.5 Å². The van der Waals surface area contributed by atoms with Crippen LogP contribution in [0.25, 0.3) is 32.7 Å². The number of unbranched alkanes of at least 4 members (excludes halogenated alkanes) is 1. The van der Waals surface area contributed by atoms with Gasteiger partial charge in [-0.25, -0.2) is 14.8 Å². The maximum atomic E-state index is 13.9. The van der Waals surface area contributed by atoms with Crippen LogP contribution in [0.5, 0.6) is 0 Å². The van der Waals surface area contributed by atoms with E-state index in [0.29, 0.717) is 24.6 Å². The van der Waals surface area contributed by atoms with Crippen LogP contribution in [0.1, 0.15) is 47.4 Å². The van der Waals surface area contributed by atoms with Crippen LogP contribution >= 0.6 is 28.3 Å². The molecule has 10 heteroatoms. The molecule has 0 atom stereocenters. The molecule has 0 bridgehead atoms. The molecular formula is C32H30BrN5O3S. The highest BCUT2D eigenvalue weighted by atomic mass is 79.9. The van der Waals surface area contributed by atoms with Crippen molar-refractivity contribution >= 4 is 38.5 Å². The number of nitrogens with zero attached hydrogens (tertiary/aromatic N) is 4. The van der Waals surface area contributed by atoms with Gasteiger partial charge in [0.1, 0.15) is 10.8 Å². The molecule has 3 heterocycles. The second-order valence-corrected chi connectivity index (χ2v) is 11.1. The monoisotopic (exact) mass is 643 g/mol. The maximum Gasteiger partial charge on any atom is 0.439 e. The van der Waals surface area contributed by atoms with Crippen molar-refractivity contribution in [1.29, 1.82) is 0 Å². The number of halogens is 1. The standard InChI is InChI=1S/C32H29N5O3S.BrH/c1-3-4-11-26-25(31(38)37(20(2)33-26)19-29-34-27-12-7-8-13-28(27)41-29)18-21-14-16-22(17-15-21)23-9-5-6-10-24(23)30-35-32(39)40-36-30;/h5-10,12-17H,3-4,11,18-19H2,1-2H3,(H,35,36,39);1H. The van der Waals surface area contributed by atoms with E-state index in [2.05, 4.69) is 23.1 Å². The lowest BCUT2D eigenvalue weighted by atomic mass is 9.96. The number of fused-ring (bicyclic) bond motifs is 1. The van der Waals surface area contributed by atoms with Crippen molar-refractivity contribution in [3.05, 3.63) is 121 Å². The van der Waals surface area contributed by atoms with Gasteiger partial charge in [-0.05, 0) is 48.6 Å². The fourth-order valence-electron chi connectivity index (χ4n) is 5.09. The highest BCUT2D eigenvalue weighted by molar-refractivity contribution is 8.93. The number of H-pyrrole nitrogens is 1. The first-order valence-corrected chi connectivity index (χ1v) is 14.5. The van der Waals surface area contributed by atoms with E-state index in [1.807, 2.05) is 73.7 Å². The van der Waals surface area contributed by atoms with Crippen molar-refractivity contribution < 1.29 is 4.52 Å². The minimum absolute atomic E-state index is 0. The van der Waals surface area contributed by atoms with Crippen LogP contribution < -0.4 is 11.3 Å². The topological polar surface area (TPSA) is 107 Å². The van der Waals surface area contributed by atoms with E-state index in [4.69, 9.17) is 14.5 Å². The molecule has 0 saturated carbocycles. The van der Waals surface area contributed by atoms with Crippen molar-refractivity contribution in [2.75, 3.05) is 0 Å². The number of hydrogen-bond donors (Lipinski definition) is 1. The number of benzene rings is 3. The van der Waals surface area contributed by atoms with Crippen molar-refractivity contribution in [1.82, 2.24) is 24.7 Å². The van der Waals surface area contributed by atoms with Gasteiger partial charge in [0, 0.05) is 17.5 Å². The van der Waals surface area contributed by atoms with Gasteiger partial charge in [0.2, 0.25) is 0 Å². The van der Waals surface area contributed by atoms with Crippen LogP contribution in [-0.4, -0.2) is 24.7 Å². The fourth-order valence-corrected chi connectivity index (χ4v) is 6.04. The first-order chi connectivity index (χ1) is 20.0. The number of aromatic amines is 1. The zero-order valence-corrected chi connectivity index (χ0v) is 25.8. The van der Waals surface area contributed by atoms with Crippen LogP contribution in [0.4, 0.5) is 0 Å². The summed E-state index contributed by atoms with van der Waals surface area (Å²) >= 11 is 1.61. The third-order valence-corrected chi connectivity index (χ3v) is 8.23. The van der Waals surface area contributed by atoms with Gasteiger partial charge in [-0.1, -0.05) is 79.2 Å². The average Bonchev–Trinajstić information content (AvgIpc) is 3.62. The van der Waals surface area contributed by atoms with Gasteiger partial charge in [-0.3, -0.25) is 18.9 Å². The average molecular weight is 645 g/mol. The summed E-state index contributed by atoms with van der Waals surface area (Å²) in [5.74, 6) is 0.501. The lowest BCUT2D eigenvalue weighted by molar-refractivity contribution is 0.388. The van der Waals surface area contributed by atoms with Crippen molar-refractivity contribution in [2.24, 2.45) is 0 Å². The smallest absolute Gasteiger partial charge is 0.296 e. The lowest BCUT2D eigenvalue weighted by Crippen LogP contribution is -2.30. The van der Waals surface area contributed by atoms with Crippen LogP contribution in [-0.2, 0) is 19.4 Å². The number of nitrogens with one attached hydrogen (secondary N) is 1. The molecule has 0 radical (unpaired) electrons. The van der Waals surface area contributed by atoms with E-state index < -0.39 is 5.76 Å². The van der Waals surface area contributed by atoms with Gasteiger partial charge in [0.25, 0.3) is 5.56 Å². The molecule has 0 aliphatic heterocycles. The second kappa shape index (κ2) is 12.8. The Hall–Kier alpha value is -4.15. The summed E-state index contributed by atoms with van der Waals surface area (Å²) in [6.07, 6.45) is 3.26. The molecule has 8 nitrogen and oxygen atoms in total. The molecule has 0 fully saturated rings. The molecule has 0 unspecified atom stereocenters. The summed E-state index contributed by atoms with van der Waals surface area (Å²) in [5.41, 5.74) is 6.23. The van der Waals surface area contributed by atoms with E-state index in [0.717, 1.165) is 68.0 Å². The Balaban J connectivity index is 0.00000353. The molecule has 0 saturated heterocycles. The van der Waals surface area contributed by atoms with Crippen molar-refractivity contribution in [2.45, 2.75) is 46.1 Å². The molecule has 0 aliphatic carbocycles. The maximum absolute atomic E-state index is 13.9. The molecule has 3 aromatic carbocycles. The molecule has 0 spiro atoms. The van der Waals surface area contributed by atoms with Gasteiger partial charge in [0.05, 0.1) is 22.5 Å². The number of aromatic nitrogens is 5. The minimum atomic E-state index is -0.593. The number of hydrogen-bond acceptors (Lipinski definition) is 7. The highest BCUT2D eigenvalue weighted by Gasteiger charge is 2.17. The molecule has 3 aromatic heterocycles. The Morgan fingerprint density at radius 1 is 0.929 bits per heavy atom. The van der Waals surface area contributed by atoms with E-state index in [1.54, 1.807) is 15.9 Å². The Labute approximate surface area is 256 Å². The van der Waals surface area contributed by atoms with Crippen LogP contribution in [0.3, 0.4) is 0 Å². The predicted octanol–water partition coefficient (Wildman–Crippen LogP) is 6.73. The number of thiazole rings is 1. The van der Waals surface area contributed by atoms with Gasteiger partial charge >= 0.3 is 5.76 Å². The van der Waals surface area contributed by atoms with Crippen LogP contribution in [0.2, 0.25) is 0 Å². The van der Waals surface area contributed by atoms with Gasteiger partial charge in [-0.15, -0.1) is 28.3 Å². The number of aryl methyl sites for hydroxylation is 2. The number of para-hydroxylation sites is 1. The summed E-state index contributed by atoms with van der Waals surface area (Å²) in [6, 6.07) is 23.9. The number of rotatable bonds is 9. The zero-order valence-electron chi connectivity index (χ0n) is 23.3. The summed E-state index contributed by atoms with van der Waals surface area (Å²) in [7, 11) is 0. The summed E-state index contributed by atoms with van der Waals surface area (Å²) in [4.78, 5) is 37.8. The van der Waals surface area contributed by atoms with E-state index >= 15 is 0 Å². The van der Waals surface area contributed by atoms with Gasteiger partial charge < -0.3 is 0 Å². The molecular weight excluding hydrogens is 614 g/mol. The Morgan fingerprint density at radius 3 is 2.38 bits per heavy atom. The van der Waals surface area contributed by atoms with Crippen molar-refractivity contribution in [3.63, 3.8) is 0 Å². The van der Waals surface area contributed by atoms with E-state index in [9.17, 15) is 9.59 Å². The quantitative estimate of drug-likeness (QED) is 0.187. The molecule has 1 N–H and O–H groups in total. The largest absolute Gasteiger partial charge is 0.439 e. The zero-order chi connectivity index (χ0) is 28.3. The highest BCUT2D eigenvalue weighted by Crippen LogP contribution is 2.30. The first-order valence-electron chi connectivity index (χ1n) is 13.7. The third kappa shape index (κ3) is 6.05. The van der Waals surface area contributed by atoms with Crippen LogP contribution in [0.15, 0.2) is 86.9 Å². The summed E-state index contributed by atoms with van der Waals surface area (Å²) < 4.78 is 7.58. The molecule has 214 valence electrons. The normalized spacial score (nSPS) is 11.1. The Kier molecular flexibility index (Phi) is 8.94. The van der Waals surface area contributed by atoms with Gasteiger partial charge in [0.15, 0.2) is 5.82 Å². The summed E-state index contributed by atoms with van der Waals surface area (Å²) in [5, 5.41) is 4.75. The molecule has 6 aromatic rings. The van der Waals surface area contributed by atoms with Crippen molar-refractivity contribution in [3.8, 4) is 22.5 Å². The molecule has 6 rings (SSSR count). The van der Waals surface area contributed by atoms with E-state index in [1.165, 1.54) is 0 Å². The summed E-state index contributed by atoms with van der Waals surface area (Å²) in [6.45, 7) is 4.45. The fraction of sp³-hybridized carbons (Fsp3) is 0.219. The lowest BCUT2D eigenvalue weighted by Gasteiger charge is -2.15. The second-order valence-electron chi connectivity index (χ2n) is 10.0. The Morgan fingerprint density at radius 2 is 1.67 bits per heavy atom. The third-order valence-electron chi connectivity index (χ3n) is 7.21.